The standard InChI is InChI=1S/C22H26N2O4S/c25-24(26)20-10-6-11-21(16-20)29(27,28)23-14-5-4-9-18-12-13-19(15-22(18)23)17-7-2-1-3-8-17/h6,10-13,15-17H,1-5,7-9,14H2. The van der Waals surface area contributed by atoms with Crippen molar-refractivity contribution in [3.8, 4) is 0 Å². The number of fused-ring (bicyclic) bond motifs is 1. The van der Waals surface area contributed by atoms with E-state index >= 15 is 0 Å². The highest BCUT2D eigenvalue weighted by molar-refractivity contribution is 7.92. The average Bonchev–Trinajstić information content (AvgIpc) is 2.97. The SMILES string of the molecule is O=[N+]([O-])c1cccc(S(=O)(=O)N2CCCCc3ccc(C4CCCCC4)cc32)c1. The molecule has 0 bridgehead atoms. The third-order valence-electron chi connectivity index (χ3n) is 6.13. The molecule has 2 aliphatic rings. The van der Waals surface area contributed by atoms with Crippen molar-refractivity contribution in [3.63, 3.8) is 0 Å². The molecule has 29 heavy (non-hydrogen) atoms. The van der Waals surface area contributed by atoms with Crippen LogP contribution in [0.25, 0.3) is 0 Å². The zero-order valence-corrected chi connectivity index (χ0v) is 17.2. The number of benzene rings is 2. The summed E-state index contributed by atoms with van der Waals surface area (Å²) in [5.41, 5.74) is 2.79. The van der Waals surface area contributed by atoms with Crippen LogP contribution < -0.4 is 4.31 Å². The number of hydrogen-bond donors (Lipinski definition) is 0. The van der Waals surface area contributed by atoms with Gasteiger partial charge in [0.05, 0.1) is 15.5 Å². The number of aryl methyl sites for hydroxylation is 1. The molecule has 2 aromatic carbocycles. The van der Waals surface area contributed by atoms with Crippen LogP contribution in [0, 0.1) is 10.1 Å². The van der Waals surface area contributed by atoms with Gasteiger partial charge in [-0.2, -0.15) is 0 Å². The fourth-order valence-electron chi connectivity index (χ4n) is 4.54. The highest BCUT2D eigenvalue weighted by atomic mass is 32.2. The Hall–Kier alpha value is -2.41. The molecule has 1 heterocycles. The minimum absolute atomic E-state index is 0.0254. The first kappa shape index (κ1) is 19.9. The molecule has 2 aromatic rings. The van der Waals surface area contributed by atoms with Gasteiger partial charge < -0.3 is 0 Å². The van der Waals surface area contributed by atoms with Crippen molar-refractivity contribution >= 4 is 21.4 Å². The lowest BCUT2D eigenvalue weighted by Gasteiger charge is -2.27. The maximum atomic E-state index is 13.5. The third kappa shape index (κ3) is 4.01. The minimum Gasteiger partial charge on any atom is -0.266 e. The Bertz CT molecular complexity index is 1010. The van der Waals surface area contributed by atoms with E-state index in [4.69, 9.17) is 0 Å². The molecule has 0 spiro atoms. The van der Waals surface area contributed by atoms with Crippen LogP contribution in [-0.2, 0) is 16.4 Å². The van der Waals surface area contributed by atoms with Crippen LogP contribution in [0.1, 0.15) is 62.0 Å². The summed E-state index contributed by atoms with van der Waals surface area (Å²) in [5.74, 6) is 0.486. The minimum atomic E-state index is -3.87. The fourth-order valence-corrected chi connectivity index (χ4v) is 6.11. The summed E-state index contributed by atoms with van der Waals surface area (Å²) in [5, 5.41) is 11.1. The molecular weight excluding hydrogens is 388 g/mol. The smallest absolute Gasteiger partial charge is 0.266 e. The van der Waals surface area contributed by atoms with Crippen LogP contribution in [0.2, 0.25) is 0 Å². The van der Waals surface area contributed by atoms with Crippen molar-refractivity contribution in [1.82, 2.24) is 0 Å². The molecule has 0 saturated heterocycles. The van der Waals surface area contributed by atoms with Crippen LogP contribution in [0.3, 0.4) is 0 Å². The van der Waals surface area contributed by atoms with E-state index in [1.165, 1.54) is 47.3 Å². The van der Waals surface area contributed by atoms with Gasteiger partial charge in [-0.15, -0.1) is 0 Å². The number of nitro groups is 1. The second-order valence-electron chi connectivity index (χ2n) is 8.01. The highest BCUT2D eigenvalue weighted by Crippen LogP contribution is 2.38. The Labute approximate surface area is 171 Å². The topological polar surface area (TPSA) is 80.5 Å². The normalized spacial score (nSPS) is 18.1. The molecular formula is C22H26N2O4S. The van der Waals surface area contributed by atoms with E-state index in [2.05, 4.69) is 18.2 Å². The van der Waals surface area contributed by atoms with Gasteiger partial charge in [0.1, 0.15) is 0 Å². The van der Waals surface area contributed by atoms with Gasteiger partial charge >= 0.3 is 0 Å². The lowest BCUT2D eigenvalue weighted by Crippen LogP contribution is -2.32. The van der Waals surface area contributed by atoms with Crippen LogP contribution in [0.5, 0.6) is 0 Å². The Morgan fingerprint density at radius 3 is 2.52 bits per heavy atom. The Morgan fingerprint density at radius 2 is 1.76 bits per heavy atom. The van der Waals surface area contributed by atoms with E-state index in [-0.39, 0.29) is 10.6 Å². The van der Waals surface area contributed by atoms with Crippen LogP contribution in [0.15, 0.2) is 47.4 Å². The number of nitro benzene ring substituents is 1. The largest absolute Gasteiger partial charge is 0.270 e. The molecule has 1 aliphatic carbocycles. The molecule has 1 saturated carbocycles. The second kappa shape index (κ2) is 8.14. The summed E-state index contributed by atoms with van der Waals surface area (Å²) in [6.45, 7) is 0.395. The Morgan fingerprint density at radius 1 is 0.966 bits per heavy atom. The summed E-state index contributed by atoms with van der Waals surface area (Å²) in [6, 6.07) is 11.7. The maximum absolute atomic E-state index is 13.5. The van der Waals surface area contributed by atoms with Crippen LogP contribution in [-0.4, -0.2) is 19.9 Å². The van der Waals surface area contributed by atoms with E-state index in [1.54, 1.807) is 0 Å². The predicted molar refractivity (Wildman–Crippen MR) is 113 cm³/mol. The van der Waals surface area contributed by atoms with Gasteiger partial charge in [0.25, 0.3) is 15.7 Å². The number of rotatable bonds is 4. The number of nitrogens with zero attached hydrogens (tertiary/aromatic N) is 2. The molecule has 0 atom stereocenters. The first-order valence-electron chi connectivity index (χ1n) is 10.4. The zero-order valence-electron chi connectivity index (χ0n) is 16.4. The van der Waals surface area contributed by atoms with Gasteiger partial charge in [0.15, 0.2) is 0 Å². The second-order valence-corrected chi connectivity index (χ2v) is 9.87. The van der Waals surface area contributed by atoms with Gasteiger partial charge in [-0.25, -0.2) is 8.42 Å². The first-order valence-corrected chi connectivity index (χ1v) is 11.8. The number of non-ortho nitro benzene ring substituents is 1. The number of sulfonamides is 1. The van der Waals surface area contributed by atoms with Crippen LogP contribution in [0.4, 0.5) is 11.4 Å². The number of anilines is 1. The molecule has 0 N–H and O–H groups in total. The molecule has 4 rings (SSSR count). The molecule has 1 aliphatic heterocycles. The van der Waals surface area contributed by atoms with Gasteiger partial charge in [0.2, 0.25) is 0 Å². The quantitative estimate of drug-likeness (QED) is 0.510. The van der Waals surface area contributed by atoms with Crippen molar-refractivity contribution < 1.29 is 13.3 Å². The molecule has 1 fully saturated rings. The number of hydrogen-bond acceptors (Lipinski definition) is 4. The molecule has 0 aromatic heterocycles. The van der Waals surface area contributed by atoms with Crippen LogP contribution >= 0.6 is 0 Å². The zero-order chi connectivity index (χ0) is 20.4. The lowest BCUT2D eigenvalue weighted by molar-refractivity contribution is -0.385. The van der Waals surface area contributed by atoms with E-state index in [9.17, 15) is 18.5 Å². The molecule has 0 unspecified atom stereocenters. The predicted octanol–water partition coefficient (Wildman–Crippen LogP) is 5.17. The molecule has 154 valence electrons. The fraction of sp³-hybridized carbons (Fsp3) is 0.455. The van der Waals surface area contributed by atoms with Gasteiger partial charge in [0, 0.05) is 18.7 Å². The Kier molecular flexibility index (Phi) is 5.58. The van der Waals surface area contributed by atoms with Crippen molar-refractivity contribution in [2.75, 3.05) is 10.8 Å². The van der Waals surface area contributed by atoms with Gasteiger partial charge in [-0.05, 0) is 61.3 Å². The third-order valence-corrected chi connectivity index (χ3v) is 7.94. The average molecular weight is 415 g/mol. The molecule has 0 radical (unpaired) electrons. The van der Waals surface area contributed by atoms with Crippen molar-refractivity contribution in [2.45, 2.75) is 62.2 Å². The Balaban J connectivity index is 1.76. The van der Waals surface area contributed by atoms with Crippen molar-refractivity contribution in [1.29, 1.82) is 0 Å². The summed E-state index contributed by atoms with van der Waals surface area (Å²) < 4.78 is 28.4. The molecule has 7 heteroatoms. The summed E-state index contributed by atoms with van der Waals surface area (Å²) in [6.07, 6.45) is 8.55. The first-order chi connectivity index (χ1) is 14.0. The lowest BCUT2D eigenvalue weighted by atomic mass is 9.83. The summed E-state index contributed by atoms with van der Waals surface area (Å²) >= 11 is 0. The van der Waals surface area contributed by atoms with E-state index in [1.807, 2.05) is 0 Å². The highest BCUT2D eigenvalue weighted by Gasteiger charge is 2.30. The van der Waals surface area contributed by atoms with E-state index in [0.29, 0.717) is 12.5 Å². The van der Waals surface area contributed by atoms with Gasteiger partial charge in [-0.1, -0.05) is 37.5 Å². The van der Waals surface area contributed by atoms with E-state index < -0.39 is 14.9 Å². The molecule has 6 nitrogen and oxygen atoms in total. The monoisotopic (exact) mass is 414 g/mol. The van der Waals surface area contributed by atoms with Gasteiger partial charge in [-0.3, -0.25) is 14.4 Å². The van der Waals surface area contributed by atoms with E-state index in [0.717, 1.165) is 49.4 Å². The molecule has 0 amide bonds. The summed E-state index contributed by atoms with van der Waals surface area (Å²) in [4.78, 5) is 10.5. The maximum Gasteiger partial charge on any atom is 0.270 e. The van der Waals surface area contributed by atoms with Crippen molar-refractivity contribution in [2.24, 2.45) is 0 Å². The summed E-state index contributed by atoms with van der Waals surface area (Å²) in [7, 11) is -3.87. The van der Waals surface area contributed by atoms with Crippen molar-refractivity contribution in [3.05, 3.63) is 63.7 Å².